The fourth-order valence-corrected chi connectivity index (χ4v) is 3.97. The van der Waals surface area contributed by atoms with E-state index in [0.717, 1.165) is 42.6 Å². The summed E-state index contributed by atoms with van der Waals surface area (Å²) in [7, 11) is 10.7. The second kappa shape index (κ2) is 9.96. The highest BCUT2D eigenvalue weighted by Crippen LogP contribution is 2.43. The first-order chi connectivity index (χ1) is 14.9. The smallest absolute Gasteiger partial charge is 0.236 e. The molecule has 8 heteroatoms. The summed E-state index contributed by atoms with van der Waals surface area (Å²) in [6.45, 7) is 1.22. The van der Waals surface area contributed by atoms with Gasteiger partial charge in [0.15, 0.2) is 0 Å². The number of rotatable bonds is 7. The molecule has 1 aromatic heterocycles. The fraction of sp³-hybridized carbons (Fsp3) is 0.522. The minimum Gasteiger partial charge on any atom is -0.496 e. The van der Waals surface area contributed by atoms with Gasteiger partial charge in [0.05, 0.1) is 38.1 Å². The van der Waals surface area contributed by atoms with Crippen molar-refractivity contribution in [3.05, 3.63) is 30.1 Å². The van der Waals surface area contributed by atoms with E-state index >= 15 is 0 Å². The van der Waals surface area contributed by atoms with E-state index in [1.165, 1.54) is 0 Å². The van der Waals surface area contributed by atoms with E-state index in [9.17, 15) is 4.79 Å². The third-order valence-electron chi connectivity index (χ3n) is 5.67. The molecule has 2 aromatic rings. The van der Waals surface area contributed by atoms with Gasteiger partial charge in [-0.2, -0.15) is 0 Å². The number of hydrogen-bond donors (Lipinski definition) is 0. The molecule has 31 heavy (non-hydrogen) atoms. The van der Waals surface area contributed by atoms with E-state index in [4.69, 9.17) is 14.5 Å². The number of carbonyl (C=O) groups is 1. The SMILES string of the molecule is COc1cccc(OC)c1-c1cnc(N(C)C)nc1[C@@H]1CCCCN1CC(=O)N(C)C. The summed E-state index contributed by atoms with van der Waals surface area (Å²) in [4.78, 5) is 27.8. The third kappa shape index (κ3) is 4.90. The molecule has 1 saturated heterocycles. The number of aromatic nitrogens is 2. The van der Waals surface area contributed by atoms with Crippen molar-refractivity contribution in [3.63, 3.8) is 0 Å². The zero-order chi connectivity index (χ0) is 22.5. The Hall–Kier alpha value is -2.87. The molecule has 168 valence electrons. The number of anilines is 1. The lowest BCUT2D eigenvalue weighted by atomic mass is 9.93. The van der Waals surface area contributed by atoms with Crippen molar-refractivity contribution >= 4 is 11.9 Å². The van der Waals surface area contributed by atoms with Gasteiger partial charge < -0.3 is 19.3 Å². The molecule has 3 rings (SSSR count). The van der Waals surface area contributed by atoms with E-state index in [1.54, 1.807) is 33.2 Å². The molecule has 1 amide bonds. The molecule has 0 spiro atoms. The summed E-state index contributed by atoms with van der Waals surface area (Å²) < 4.78 is 11.3. The summed E-state index contributed by atoms with van der Waals surface area (Å²) in [5, 5.41) is 0. The van der Waals surface area contributed by atoms with Crippen LogP contribution < -0.4 is 14.4 Å². The Kier molecular flexibility index (Phi) is 7.33. The summed E-state index contributed by atoms with van der Waals surface area (Å²) in [5.74, 6) is 2.13. The van der Waals surface area contributed by atoms with Crippen molar-refractivity contribution in [1.82, 2.24) is 19.8 Å². The number of amides is 1. The Balaban J connectivity index is 2.16. The average molecular weight is 428 g/mol. The number of nitrogens with zero attached hydrogens (tertiary/aromatic N) is 5. The number of benzene rings is 1. The Morgan fingerprint density at radius 2 is 1.81 bits per heavy atom. The maximum Gasteiger partial charge on any atom is 0.236 e. The quantitative estimate of drug-likeness (QED) is 0.673. The van der Waals surface area contributed by atoms with Crippen molar-refractivity contribution in [2.75, 3.05) is 60.4 Å². The fourth-order valence-electron chi connectivity index (χ4n) is 3.97. The van der Waals surface area contributed by atoms with E-state index in [-0.39, 0.29) is 11.9 Å². The van der Waals surface area contributed by atoms with Gasteiger partial charge in [0.25, 0.3) is 0 Å². The Morgan fingerprint density at radius 1 is 1.13 bits per heavy atom. The first-order valence-corrected chi connectivity index (χ1v) is 10.6. The summed E-state index contributed by atoms with van der Waals surface area (Å²) >= 11 is 0. The van der Waals surface area contributed by atoms with Crippen LogP contribution in [0.2, 0.25) is 0 Å². The lowest BCUT2D eigenvalue weighted by Crippen LogP contribution is -2.41. The summed E-state index contributed by atoms with van der Waals surface area (Å²) in [5.41, 5.74) is 2.60. The number of hydrogen-bond acceptors (Lipinski definition) is 7. The first kappa shape index (κ1) is 22.8. The molecule has 8 nitrogen and oxygen atoms in total. The topological polar surface area (TPSA) is 71.0 Å². The van der Waals surface area contributed by atoms with Gasteiger partial charge in [-0.1, -0.05) is 12.5 Å². The molecule has 0 saturated carbocycles. The molecule has 0 N–H and O–H groups in total. The van der Waals surface area contributed by atoms with Crippen LogP contribution in [0.5, 0.6) is 11.5 Å². The summed E-state index contributed by atoms with van der Waals surface area (Å²) in [6.07, 6.45) is 4.92. The van der Waals surface area contributed by atoms with Crippen LogP contribution in [-0.2, 0) is 4.79 Å². The van der Waals surface area contributed by atoms with Crippen molar-refractivity contribution in [3.8, 4) is 22.6 Å². The molecule has 0 aliphatic carbocycles. The number of methoxy groups -OCH3 is 2. The van der Waals surface area contributed by atoms with Crippen LogP contribution in [0.15, 0.2) is 24.4 Å². The van der Waals surface area contributed by atoms with Crippen molar-refractivity contribution < 1.29 is 14.3 Å². The third-order valence-corrected chi connectivity index (χ3v) is 5.67. The highest BCUT2D eigenvalue weighted by molar-refractivity contribution is 5.79. The van der Waals surface area contributed by atoms with Crippen molar-refractivity contribution in [2.24, 2.45) is 0 Å². The Morgan fingerprint density at radius 3 is 2.39 bits per heavy atom. The molecule has 1 aliphatic heterocycles. The lowest BCUT2D eigenvalue weighted by Gasteiger charge is -2.36. The number of piperidine rings is 1. The highest BCUT2D eigenvalue weighted by atomic mass is 16.5. The molecule has 2 heterocycles. The number of ether oxygens (including phenoxy) is 2. The molecule has 0 radical (unpaired) electrons. The highest BCUT2D eigenvalue weighted by Gasteiger charge is 2.31. The van der Waals surface area contributed by atoms with E-state index in [0.29, 0.717) is 24.0 Å². The number of likely N-dealkylation sites (tertiary alicyclic amines) is 1. The van der Waals surface area contributed by atoms with Crippen LogP contribution in [-0.4, -0.2) is 81.2 Å². The van der Waals surface area contributed by atoms with Crippen LogP contribution in [0.25, 0.3) is 11.1 Å². The van der Waals surface area contributed by atoms with Gasteiger partial charge in [0, 0.05) is 40.0 Å². The minimum absolute atomic E-state index is 0.00367. The van der Waals surface area contributed by atoms with Crippen molar-refractivity contribution in [2.45, 2.75) is 25.3 Å². The molecule has 1 aromatic carbocycles. The maximum atomic E-state index is 12.5. The average Bonchev–Trinajstić information content (AvgIpc) is 2.78. The maximum absolute atomic E-state index is 12.5. The zero-order valence-corrected chi connectivity index (χ0v) is 19.4. The molecule has 1 fully saturated rings. The van der Waals surface area contributed by atoms with Gasteiger partial charge in [0.2, 0.25) is 11.9 Å². The molecular weight excluding hydrogens is 394 g/mol. The first-order valence-electron chi connectivity index (χ1n) is 10.6. The molecule has 1 atom stereocenters. The van der Waals surface area contributed by atoms with Gasteiger partial charge in [0.1, 0.15) is 11.5 Å². The number of likely N-dealkylation sites (N-methyl/N-ethyl adjacent to an activating group) is 1. The Bertz CT molecular complexity index is 894. The predicted molar refractivity (Wildman–Crippen MR) is 122 cm³/mol. The summed E-state index contributed by atoms with van der Waals surface area (Å²) in [6, 6.07) is 5.73. The van der Waals surface area contributed by atoms with Gasteiger partial charge in [-0.15, -0.1) is 0 Å². The van der Waals surface area contributed by atoms with Crippen LogP contribution in [0.1, 0.15) is 31.0 Å². The minimum atomic E-state index is 0.00367. The van der Waals surface area contributed by atoms with E-state index in [1.807, 2.05) is 43.4 Å². The van der Waals surface area contributed by atoms with E-state index in [2.05, 4.69) is 9.88 Å². The second-order valence-electron chi connectivity index (χ2n) is 8.17. The normalized spacial score (nSPS) is 16.6. The van der Waals surface area contributed by atoms with Crippen LogP contribution in [0, 0.1) is 0 Å². The largest absolute Gasteiger partial charge is 0.496 e. The van der Waals surface area contributed by atoms with Gasteiger partial charge >= 0.3 is 0 Å². The Labute approximate surface area is 184 Å². The molecular formula is C23H33N5O3. The van der Waals surface area contributed by atoms with E-state index < -0.39 is 0 Å². The van der Waals surface area contributed by atoms with Crippen molar-refractivity contribution in [1.29, 1.82) is 0 Å². The monoisotopic (exact) mass is 427 g/mol. The molecule has 0 unspecified atom stereocenters. The predicted octanol–water partition coefficient (Wildman–Crippen LogP) is 2.84. The van der Waals surface area contributed by atoms with Crippen LogP contribution in [0.4, 0.5) is 5.95 Å². The standard InChI is InChI=1S/C23H33N5O3/c1-26(2)20(29)15-28-13-8-7-10-17(28)22-16(14-24-23(25-22)27(3)4)21-18(30-5)11-9-12-19(21)31-6/h9,11-12,14,17H,7-8,10,13,15H2,1-6H3/t17-/m0/s1. The number of carbonyl (C=O) groups excluding carboxylic acids is 1. The molecule has 0 bridgehead atoms. The second-order valence-corrected chi connectivity index (χ2v) is 8.17. The van der Waals surface area contributed by atoms with Crippen LogP contribution >= 0.6 is 0 Å². The van der Waals surface area contributed by atoms with Gasteiger partial charge in [-0.3, -0.25) is 9.69 Å². The zero-order valence-electron chi connectivity index (χ0n) is 19.4. The van der Waals surface area contributed by atoms with Gasteiger partial charge in [-0.25, -0.2) is 9.97 Å². The van der Waals surface area contributed by atoms with Crippen LogP contribution in [0.3, 0.4) is 0 Å². The lowest BCUT2D eigenvalue weighted by molar-refractivity contribution is -0.130. The van der Waals surface area contributed by atoms with Gasteiger partial charge in [-0.05, 0) is 31.5 Å². The molecule has 1 aliphatic rings.